The molecule has 0 aromatic carbocycles. The first-order valence-corrected chi connectivity index (χ1v) is 8.14. The van der Waals surface area contributed by atoms with E-state index in [0.717, 1.165) is 0 Å². The first-order valence-electron chi connectivity index (χ1n) is 7.26. The van der Waals surface area contributed by atoms with Crippen molar-refractivity contribution in [1.82, 2.24) is 19.7 Å². The number of pyridine rings is 1. The minimum absolute atomic E-state index is 0.0127. The van der Waals surface area contributed by atoms with Crippen molar-refractivity contribution < 1.29 is 13.2 Å². The Morgan fingerprint density at radius 1 is 1.29 bits per heavy atom. The maximum atomic E-state index is 13.2. The van der Waals surface area contributed by atoms with Gasteiger partial charge in [-0.3, -0.25) is 4.68 Å². The Morgan fingerprint density at radius 3 is 2.79 bits per heavy atom. The molecule has 0 radical (unpaired) electrons. The topological polar surface area (TPSA) is 55.6 Å². The molecule has 0 saturated carbocycles. The van der Waals surface area contributed by atoms with Crippen molar-refractivity contribution in [3.05, 3.63) is 41.7 Å². The van der Waals surface area contributed by atoms with Crippen molar-refractivity contribution in [3.63, 3.8) is 0 Å². The Morgan fingerprint density at radius 2 is 2.12 bits per heavy atom. The molecule has 0 fully saturated rings. The summed E-state index contributed by atoms with van der Waals surface area (Å²) in [7, 11) is 0. The van der Waals surface area contributed by atoms with E-state index in [9.17, 15) is 13.2 Å². The van der Waals surface area contributed by atoms with Gasteiger partial charge in [0, 0.05) is 24.3 Å². The van der Waals surface area contributed by atoms with Gasteiger partial charge in [0.1, 0.15) is 5.82 Å². The van der Waals surface area contributed by atoms with Crippen LogP contribution in [0.2, 0.25) is 0 Å². The van der Waals surface area contributed by atoms with Crippen molar-refractivity contribution in [3.8, 4) is 11.3 Å². The molecule has 3 heterocycles. The number of aryl methyl sites for hydroxylation is 1. The van der Waals surface area contributed by atoms with E-state index in [1.54, 1.807) is 29.8 Å². The number of hydrogen-bond donors (Lipinski definition) is 1. The lowest BCUT2D eigenvalue weighted by atomic mass is 10.2. The number of alkyl halides is 3. The van der Waals surface area contributed by atoms with Crippen LogP contribution in [-0.2, 0) is 12.7 Å². The van der Waals surface area contributed by atoms with Crippen LogP contribution in [0.5, 0.6) is 0 Å². The van der Waals surface area contributed by atoms with E-state index in [2.05, 4.69) is 20.4 Å². The fourth-order valence-corrected chi connectivity index (χ4v) is 2.88. The van der Waals surface area contributed by atoms with E-state index in [1.165, 1.54) is 22.2 Å². The normalized spacial score (nSPS) is 11.7. The smallest absolute Gasteiger partial charge is 0.316 e. The third-order valence-corrected chi connectivity index (χ3v) is 3.92. The Balaban J connectivity index is 1.92. The minimum atomic E-state index is -4.52. The molecule has 3 rings (SSSR count). The van der Waals surface area contributed by atoms with E-state index in [1.807, 2.05) is 6.92 Å². The van der Waals surface area contributed by atoms with Crippen LogP contribution in [0, 0.1) is 0 Å². The van der Waals surface area contributed by atoms with Crippen molar-refractivity contribution in [2.75, 3.05) is 5.32 Å². The van der Waals surface area contributed by atoms with Crippen LogP contribution >= 0.6 is 11.3 Å². The van der Waals surface area contributed by atoms with Gasteiger partial charge in [0.05, 0.1) is 11.3 Å². The second kappa shape index (κ2) is 6.60. The first-order chi connectivity index (χ1) is 11.5. The molecule has 0 aliphatic carbocycles. The number of rotatable bonds is 5. The lowest BCUT2D eigenvalue weighted by Crippen LogP contribution is -2.09. The summed E-state index contributed by atoms with van der Waals surface area (Å²) in [6, 6.07) is 5.33. The molecule has 126 valence electrons. The van der Waals surface area contributed by atoms with Crippen molar-refractivity contribution in [2.45, 2.75) is 26.1 Å². The minimum Gasteiger partial charge on any atom is -0.316 e. The molecule has 0 amide bonds. The maximum absolute atomic E-state index is 13.2. The Hall–Kier alpha value is -2.42. The Bertz CT molecular complexity index is 810. The molecule has 9 heteroatoms. The molecule has 5 nitrogen and oxygen atoms in total. The van der Waals surface area contributed by atoms with Crippen LogP contribution in [0.1, 0.15) is 19.0 Å². The fraction of sp³-hybridized carbons (Fsp3) is 0.267. The highest BCUT2D eigenvalue weighted by molar-refractivity contribution is 7.14. The molecular formula is C15H14F3N5S. The largest absolute Gasteiger partial charge is 0.435 e. The molecule has 3 aromatic heterocycles. The SMILES string of the molecule is CCCn1cc(-c2csc(Nc3ccccn3)n2)c(C(F)(F)F)n1. The zero-order chi connectivity index (χ0) is 17.2. The van der Waals surface area contributed by atoms with E-state index < -0.39 is 11.9 Å². The van der Waals surface area contributed by atoms with Gasteiger partial charge in [-0.2, -0.15) is 18.3 Å². The third-order valence-electron chi connectivity index (χ3n) is 3.16. The zero-order valence-electron chi connectivity index (χ0n) is 12.7. The summed E-state index contributed by atoms with van der Waals surface area (Å²) in [6.45, 7) is 2.30. The lowest BCUT2D eigenvalue weighted by Gasteiger charge is -2.04. The highest BCUT2D eigenvalue weighted by Crippen LogP contribution is 2.37. The van der Waals surface area contributed by atoms with Crippen molar-refractivity contribution in [1.29, 1.82) is 0 Å². The number of nitrogens with one attached hydrogen (secondary N) is 1. The van der Waals surface area contributed by atoms with Gasteiger partial charge in [0.2, 0.25) is 0 Å². The molecular weight excluding hydrogens is 339 g/mol. The zero-order valence-corrected chi connectivity index (χ0v) is 13.5. The highest BCUT2D eigenvalue weighted by atomic mass is 32.1. The highest BCUT2D eigenvalue weighted by Gasteiger charge is 2.38. The van der Waals surface area contributed by atoms with Gasteiger partial charge >= 0.3 is 6.18 Å². The fourth-order valence-electron chi connectivity index (χ4n) is 2.16. The molecule has 0 atom stereocenters. The first kappa shape index (κ1) is 16.4. The molecule has 24 heavy (non-hydrogen) atoms. The number of anilines is 2. The van der Waals surface area contributed by atoms with Gasteiger partial charge in [-0.1, -0.05) is 13.0 Å². The third kappa shape index (κ3) is 3.56. The summed E-state index contributed by atoms with van der Waals surface area (Å²) in [5.41, 5.74) is -0.681. The molecule has 0 aliphatic rings. The van der Waals surface area contributed by atoms with Crippen LogP contribution < -0.4 is 5.32 Å². The number of thiazole rings is 1. The number of halogens is 3. The lowest BCUT2D eigenvalue weighted by molar-refractivity contribution is -0.141. The average molecular weight is 353 g/mol. The van der Waals surface area contributed by atoms with Gasteiger partial charge in [-0.25, -0.2) is 9.97 Å². The van der Waals surface area contributed by atoms with Crippen molar-refractivity contribution in [2.24, 2.45) is 0 Å². The van der Waals surface area contributed by atoms with Crippen LogP contribution in [0.15, 0.2) is 36.0 Å². The molecule has 0 spiro atoms. The predicted molar refractivity (Wildman–Crippen MR) is 86.1 cm³/mol. The van der Waals surface area contributed by atoms with Crippen LogP contribution in [0.25, 0.3) is 11.3 Å². The maximum Gasteiger partial charge on any atom is 0.435 e. The molecule has 3 aromatic rings. The van der Waals surface area contributed by atoms with Gasteiger partial charge in [-0.05, 0) is 18.6 Å². The summed E-state index contributed by atoms with van der Waals surface area (Å²) in [5.74, 6) is 0.580. The molecule has 1 N–H and O–H groups in total. The van der Waals surface area contributed by atoms with E-state index in [0.29, 0.717) is 23.9 Å². The summed E-state index contributed by atoms with van der Waals surface area (Å²) in [4.78, 5) is 8.34. The van der Waals surface area contributed by atoms with Crippen LogP contribution in [0.3, 0.4) is 0 Å². The second-order valence-electron chi connectivity index (χ2n) is 5.03. The van der Waals surface area contributed by atoms with Gasteiger partial charge < -0.3 is 5.32 Å². The average Bonchev–Trinajstić information content (AvgIpc) is 3.15. The monoisotopic (exact) mass is 353 g/mol. The van der Waals surface area contributed by atoms with E-state index in [-0.39, 0.29) is 11.3 Å². The molecule has 0 unspecified atom stereocenters. The summed E-state index contributed by atoms with van der Waals surface area (Å²) < 4.78 is 41.0. The molecule has 0 saturated heterocycles. The summed E-state index contributed by atoms with van der Waals surface area (Å²) >= 11 is 1.21. The Labute approximate surface area is 140 Å². The van der Waals surface area contributed by atoms with E-state index in [4.69, 9.17) is 0 Å². The summed E-state index contributed by atoms with van der Waals surface area (Å²) in [6.07, 6.45) is -0.812. The van der Waals surface area contributed by atoms with E-state index >= 15 is 0 Å². The second-order valence-corrected chi connectivity index (χ2v) is 5.89. The van der Waals surface area contributed by atoms with Gasteiger partial charge in [0.15, 0.2) is 10.8 Å². The molecule has 0 bridgehead atoms. The quantitative estimate of drug-likeness (QED) is 0.730. The molecule has 0 aliphatic heterocycles. The van der Waals surface area contributed by atoms with Crippen molar-refractivity contribution >= 4 is 22.3 Å². The number of hydrogen-bond acceptors (Lipinski definition) is 5. The van der Waals surface area contributed by atoms with Gasteiger partial charge in [-0.15, -0.1) is 11.3 Å². The van der Waals surface area contributed by atoms with Crippen LogP contribution in [0.4, 0.5) is 24.1 Å². The predicted octanol–water partition coefficient (Wildman–Crippen LogP) is 4.57. The number of nitrogens with zero attached hydrogens (tertiary/aromatic N) is 4. The summed E-state index contributed by atoms with van der Waals surface area (Å²) in [5, 5.41) is 8.69. The number of aromatic nitrogens is 4. The van der Waals surface area contributed by atoms with Crippen LogP contribution in [-0.4, -0.2) is 19.7 Å². The van der Waals surface area contributed by atoms with Gasteiger partial charge in [0.25, 0.3) is 0 Å². The standard InChI is InChI=1S/C15H14F3N5S/c1-2-7-23-8-10(13(22-23)15(16,17)18)11-9-24-14(20-11)21-12-5-3-4-6-19-12/h3-6,8-9H,2,7H2,1H3,(H,19,20,21). The Kier molecular flexibility index (Phi) is 4.52.